The number of rotatable bonds is 6. The van der Waals surface area contributed by atoms with Crippen molar-refractivity contribution >= 4 is 7.60 Å². The van der Waals surface area contributed by atoms with Crippen LogP contribution in [0.5, 0.6) is 0 Å². The Hall–Kier alpha value is 0.750. The first-order chi connectivity index (χ1) is 8.28. The van der Waals surface area contributed by atoms with Crippen LogP contribution < -0.4 is 85.9 Å². The molecule has 0 fully saturated rings. The molecule has 0 amide bonds. The minimum atomic E-state index is -4.71. The van der Waals surface area contributed by atoms with Crippen LogP contribution in [0.3, 0.4) is 0 Å². The van der Waals surface area contributed by atoms with Crippen LogP contribution in [0, 0.1) is 0 Å². The van der Waals surface area contributed by atoms with E-state index in [1.54, 1.807) is 0 Å². The minimum Gasteiger partial charge on any atom is -0.809 e. The topological polar surface area (TPSA) is 153 Å². The van der Waals surface area contributed by atoms with Gasteiger partial charge in [-0.25, -0.2) is 4.79 Å². The quantitative estimate of drug-likeness (QED) is 0.389. The van der Waals surface area contributed by atoms with Crippen LogP contribution in [-0.4, -0.2) is 28.5 Å². The molecule has 0 saturated carbocycles. The van der Waals surface area contributed by atoms with E-state index >= 15 is 0 Å². The van der Waals surface area contributed by atoms with Gasteiger partial charge in [-0.1, -0.05) is 0 Å². The number of H-pyrrole nitrogens is 1. The van der Waals surface area contributed by atoms with Crippen molar-refractivity contribution < 1.29 is 78.2 Å². The molecular weight excluding hydrogens is 311 g/mol. The van der Waals surface area contributed by atoms with Gasteiger partial charge in [0, 0.05) is 24.8 Å². The fourth-order valence-electron chi connectivity index (χ4n) is 1.21. The van der Waals surface area contributed by atoms with E-state index in [1.165, 1.54) is 6.20 Å². The molecule has 1 unspecified atom stereocenters. The van der Waals surface area contributed by atoms with Crippen molar-refractivity contribution in [1.29, 1.82) is 0 Å². The van der Waals surface area contributed by atoms with Crippen LogP contribution in [0.2, 0.25) is 0 Å². The third-order valence-electron chi connectivity index (χ3n) is 1.91. The van der Waals surface area contributed by atoms with Crippen molar-refractivity contribution in [1.82, 2.24) is 9.55 Å². The predicted octanol–water partition coefficient (Wildman–Crippen LogP) is -9.24. The molecule has 1 heterocycles. The first-order valence-corrected chi connectivity index (χ1v) is 6.65. The molecule has 3 N–H and O–H groups in total. The maximum atomic E-state index is 11.3. The largest absolute Gasteiger partial charge is 1.00 e. The van der Waals surface area contributed by atoms with E-state index in [4.69, 9.17) is 5.73 Å². The summed E-state index contributed by atoms with van der Waals surface area (Å²) < 4.78 is 16.0. The number of nitrogens with two attached hydrogens (primary N) is 1. The van der Waals surface area contributed by atoms with Gasteiger partial charge in [-0.15, -0.1) is 0 Å². The summed E-state index contributed by atoms with van der Waals surface area (Å²) in [7, 11) is -4.71. The van der Waals surface area contributed by atoms with Crippen molar-refractivity contribution in [2.45, 2.75) is 12.6 Å². The predicted molar refractivity (Wildman–Crippen MR) is 57.7 cm³/mol. The van der Waals surface area contributed by atoms with Gasteiger partial charge >= 0.3 is 64.8 Å². The van der Waals surface area contributed by atoms with Crippen molar-refractivity contribution in [3.05, 3.63) is 33.1 Å². The monoisotopic (exact) mass is 323 g/mol. The molecule has 12 heteroatoms. The fraction of sp³-hybridized carbons (Fsp3) is 0.500. The van der Waals surface area contributed by atoms with Crippen LogP contribution in [-0.2, 0) is 15.8 Å². The summed E-state index contributed by atoms with van der Waals surface area (Å²) >= 11 is 0. The zero-order valence-electron chi connectivity index (χ0n) is 11.3. The Kier molecular flexibility index (Phi) is 12.1. The molecule has 0 radical (unpaired) electrons. The molecule has 0 aliphatic carbocycles. The van der Waals surface area contributed by atoms with Gasteiger partial charge in [-0.2, -0.15) is 0 Å². The maximum absolute atomic E-state index is 11.3. The average molecular weight is 323 g/mol. The Balaban J connectivity index is 0. The molecule has 0 aliphatic heterocycles. The molecule has 20 heavy (non-hydrogen) atoms. The van der Waals surface area contributed by atoms with Crippen molar-refractivity contribution in [3.63, 3.8) is 0 Å². The smallest absolute Gasteiger partial charge is 0.809 e. The number of aromatic amines is 1. The zero-order chi connectivity index (χ0) is 13.8. The average Bonchev–Trinajstić information content (AvgIpc) is 2.20. The molecule has 102 valence electrons. The molecule has 0 aromatic carbocycles. The summed E-state index contributed by atoms with van der Waals surface area (Å²) in [6.45, 7) is -0.169. The molecule has 1 rings (SSSR count). The van der Waals surface area contributed by atoms with E-state index in [9.17, 15) is 23.9 Å². The van der Waals surface area contributed by atoms with Gasteiger partial charge in [0.15, 0.2) is 0 Å². The standard InChI is InChI=1S/C8H14N3O6P.2Na/c9-6(4-17-5-18(14,15)16)3-11-2-1-7(12)10-8(11)13;;/h1-2,6H,3-5,9H2,(H,10,12,13)(H2,14,15,16);;/q;2*+1/p-2. The molecule has 1 atom stereocenters. The Morgan fingerprint density at radius 3 is 2.50 bits per heavy atom. The van der Waals surface area contributed by atoms with Gasteiger partial charge in [0.1, 0.15) is 0 Å². The van der Waals surface area contributed by atoms with Crippen LogP contribution >= 0.6 is 7.60 Å². The molecule has 0 bridgehead atoms. The van der Waals surface area contributed by atoms with Gasteiger partial charge in [0.25, 0.3) is 5.56 Å². The number of hydrogen-bond donors (Lipinski definition) is 2. The normalized spacial score (nSPS) is 12.2. The van der Waals surface area contributed by atoms with Gasteiger partial charge in [-0.3, -0.25) is 14.3 Å². The number of ether oxygens (including phenoxy) is 1. The van der Waals surface area contributed by atoms with Crippen LogP contribution in [0.1, 0.15) is 0 Å². The maximum Gasteiger partial charge on any atom is 1.00 e. The molecule has 1 aromatic heterocycles. The number of nitrogens with one attached hydrogen (secondary N) is 1. The second kappa shape index (κ2) is 10.5. The third-order valence-corrected chi connectivity index (χ3v) is 2.41. The SMILES string of the molecule is NC(COCP(=O)([O-])[O-])Cn1ccc(=O)[nH]c1=O.[Na+].[Na+]. The van der Waals surface area contributed by atoms with Crippen LogP contribution in [0.25, 0.3) is 0 Å². The van der Waals surface area contributed by atoms with Gasteiger partial charge < -0.3 is 24.8 Å². The van der Waals surface area contributed by atoms with Gasteiger partial charge in [0.05, 0.1) is 13.0 Å². The van der Waals surface area contributed by atoms with E-state index in [0.717, 1.165) is 10.6 Å². The number of nitrogens with zero attached hydrogens (tertiary/aromatic N) is 1. The van der Waals surface area contributed by atoms with E-state index in [-0.39, 0.29) is 72.3 Å². The zero-order valence-corrected chi connectivity index (χ0v) is 16.2. The molecule has 0 aliphatic rings. The summed E-state index contributed by atoms with van der Waals surface area (Å²) in [4.78, 5) is 44.6. The summed E-state index contributed by atoms with van der Waals surface area (Å²) in [6, 6.07) is 0.471. The Morgan fingerprint density at radius 1 is 1.40 bits per heavy atom. The summed E-state index contributed by atoms with van der Waals surface area (Å²) in [6.07, 6.45) is 0.314. The summed E-state index contributed by atoms with van der Waals surface area (Å²) in [5, 5.41) is 0. The molecular formula is C8H12N3Na2O6P. The molecule has 0 spiro atoms. The van der Waals surface area contributed by atoms with Gasteiger partial charge in [0.2, 0.25) is 0 Å². The Morgan fingerprint density at radius 2 is 2.00 bits per heavy atom. The fourth-order valence-corrected chi connectivity index (χ4v) is 1.54. The minimum absolute atomic E-state index is 0. The number of hydrogen-bond acceptors (Lipinski definition) is 7. The molecule has 1 aromatic rings. The first kappa shape index (κ1) is 23.0. The Bertz CT molecular complexity index is 556. The Labute approximate surface area is 158 Å². The van der Waals surface area contributed by atoms with Crippen LogP contribution in [0.15, 0.2) is 21.9 Å². The van der Waals surface area contributed by atoms with E-state index in [0.29, 0.717) is 0 Å². The van der Waals surface area contributed by atoms with Crippen LogP contribution in [0.4, 0.5) is 0 Å². The summed E-state index contributed by atoms with van der Waals surface area (Å²) in [5.41, 5.74) is 4.42. The van der Waals surface area contributed by atoms with Crippen molar-refractivity contribution in [2.24, 2.45) is 5.73 Å². The van der Waals surface area contributed by atoms with E-state index < -0.39 is 31.2 Å². The van der Waals surface area contributed by atoms with Crippen molar-refractivity contribution in [2.75, 3.05) is 13.0 Å². The van der Waals surface area contributed by atoms with E-state index in [2.05, 4.69) is 4.74 Å². The van der Waals surface area contributed by atoms with Gasteiger partial charge in [-0.05, 0) is 7.60 Å². The first-order valence-electron chi connectivity index (χ1n) is 4.92. The second-order valence-corrected chi connectivity index (χ2v) is 5.11. The third kappa shape index (κ3) is 9.64. The summed E-state index contributed by atoms with van der Waals surface area (Å²) in [5.74, 6) is 0. The van der Waals surface area contributed by atoms with Crippen molar-refractivity contribution in [3.8, 4) is 0 Å². The molecule has 9 nitrogen and oxygen atoms in total. The van der Waals surface area contributed by atoms with E-state index in [1.807, 2.05) is 4.98 Å². The number of aromatic nitrogens is 2. The molecule has 0 saturated heterocycles. The second-order valence-electron chi connectivity index (χ2n) is 3.63.